The molecule has 0 atom stereocenters. The van der Waals surface area contributed by atoms with Gasteiger partial charge in [-0.2, -0.15) is 0 Å². The zero-order chi connectivity index (χ0) is 20.4. The minimum Gasteiger partial charge on any atom is -0.393 e. The van der Waals surface area contributed by atoms with Crippen LogP contribution in [0, 0.1) is 10.1 Å². The van der Waals surface area contributed by atoms with Crippen molar-refractivity contribution in [3.63, 3.8) is 0 Å². The molecule has 1 aromatic carbocycles. The Labute approximate surface area is 167 Å². The monoisotopic (exact) mass is 397 g/mol. The van der Waals surface area contributed by atoms with Gasteiger partial charge in [0.2, 0.25) is 5.95 Å². The van der Waals surface area contributed by atoms with Gasteiger partial charge < -0.3 is 15.7 Å². The minimum absolute atomic E-state index is 0.00114. The van der Waals surface area contributed by atoms with Crippen LogP contribution in [0.5, 0.6) is 0 Å². The summed E-state index contributed by atoms with van der Waals surface area (Å²) >= 11 is 0. The van der Waals surface area contributed by atoms with Crippen molar-refractivity contribution in [1.29, 1.82) is 0 Å². The third-order valence-corrected chi connectivity index (χ3v) is 5.20. The molecule has 2 aromatic heterocycles. The van der Waals surface area contributed by atoms with Gasteiger partial charge in [0.15, 0.2) is 17.0 Å². The quantitative estimate of drug-likeness (QED) is 0.427. The van der Waals surface area contributed by atoms with Crippen LogP contribution in [0.4, 0.5) is 23.1 Å². The summed E-state index contributed by atoms with van der Waals surface area (Å²) in [4.78, 5) is 24.0. The first kappa shape index (κ1) is 19.1. The number of nitrogens with one attached hydrogen (secondary N) is 2. The molecule has 3 aromatic rings. The largest absolute Gasteiger partial charge is 0.393 e. The van der Waals surface area contributed by atoms with Crippen molar-refractivity contribution in [3.05, 3.63) is 40.7 Å². The lowest BCUT2D eigenvalue weighted by molar-refractivity contribution is -0.384. The first-order chi connectivity index (χ1) is 14.0. The molecule has 1 aliphatic carbocycles. The standard InChI is InChI=1S/C19H23N7O3/c1-2-25-18-16(24-19(25)23-12-6-8-15(27)9-7-12)17(20-11-21-18)22-13-4-3-5-14(10-13)26(28)29/h3-5,10-12,15,27H,2,6-9H2,1H3,(H,23,24)(H,20,21,22). The highest BCUT2D eigenvalue weighted by molar-refractivity contribution is 5.87. The molecule has 1 aliphatic rings. The lowest BCUT2D eigenvalue weighted by Crippen LogP contribution is -2.29. The molecule has 10 nitrogen and oxygen atoms in total. The van der Waals surface area contributed by atoms with Crippen LogP contribution < -0.4 is 10.6 Å². The Morgan fingerprint density at radius 1 is 1.28 bits per heavy atom. The van der Waals surface area contributed by atoms with Crippen LogP contribution >= 0.6 is 0 Å². The molecule has 2 heterocycles. The van der Waals surface area contributed by atoms with Crippen molar-refractivity contribution in [2.24, 2.45) is 0 Å². The van der Waals surface area contributed by atoms with Gasteiger partial charge in [0.1, 0.15) is 6.33 Å². The molecule has 0 radical (unpaired) electrons. The number of non-ortho nitro benzene ring substituents is 1. The molecule has 10 heteroatoms. The number of anilines is 3. The zero-order valence-corrected chi connectivity index (χ0v) is 16.1. The maximum atomic E-state index is 11.0. The van der Waals surface area contributed by atoms with Gasteiger partial charge in [-0.1, -0.05) is 6.07 Å². The Hall–Kier alpha value is -3.27. The van der Waals surface area contributed by atoms with E-state index in [1.165, 1.54) is 18.5 Å². The van der Waals surface area contributed by atoms with Crippen LogP contribution in [0.1, 0.15) is 32.6 Å². The second-order valence-electron chi connectivity index (χ2n) is 7.16. The number of nitro groups is 1. The first-order valence-corrected chi connectivity index (χ1v) is 9.72. The van der Waals surface area contributed by atoms with Gasteiger partial charge in [-0.25, -0.2) is 15.0 Å². The fourth-order valence-electron chi connectivity index (χ4n) is 3.67. The topological polar surface area (TPSA) is 131 Å². The number of hydrogen-bond donors (Lipinski definition) is 3. The number of imidazole rings is 1. The molecular weight excluding hydrogens is 374 g/mol. The van der Waals surface area contributed by atoms with E-state index >= 15 is 0 Å². The van der Waals surface area contributed by atoms with Crippen LogP contribution in [-0.2, 0) is 6.54 Å². The average molecular weight is 397 g/mol. The van der Waals surface area contributed by atoms with Gasteiger partial charge in [0.25, 0.3) is 5.69 Å². The van der Waals surface area contributed by atoms with E-state index in [9.17, 15) is 15.2 Å². The number of aromatic nitrogens is 4. The Morgan fingerprint density at radius 3 is 2.79 bits per heavy atom. The van der Waals surface area contributed by atoms with Crippen LogP contribution in [0.3, 0.4) is 0 Å². The van der Waals surface area contributed by atoms with Gasteiger partial charge in [-0.3, -0.25) is 14.7 Å². The summed E-state index contributed by atoms with van der Waals surface area (Å²) in [5.41, 5.74) is 1.84. The summed E-state index contributed by atoms with van der Waals surface area (Å²) < 4.78 is 1.99. The summed E-state index contributed by atoms with van der Waals surface area (Å²) in [6.45, 7) is 2.70. The molecule has 0 amide bonds. The SMILES string of the molecule is CCn1c(NC2CCC(O)CC2)nc2c(Nc3cccc([N+](=O)[O-])c3)ncnc21. The normalized spacial score (nSPS) is 19.2. The molecule has 152 valence electrons. The van der Waals surface area contributed by atoms with E-state index < -0.39 is 4.92 Å². The maximum absolute atomic E-state index is 11.0. The van der Waals surface area contributed by atoms with Gasteiger partial charge in [-0.15, -0.1) is 0 Å². The smallest absolute Gasteiger partial charge is 0.271 e. The highest BCUT2D eigenvalue weighted by Crippen LogP contribution is 2.28. The summed E-state index contributed by atoms with van der Waals surface area (Å²) in [6.07, 6.45) is 4.58. The molecule has 3 N–H and O–H groups in total. The van der Waals surface area contributed by atoms with Crippen LogP contribution in [0.25, 0.3) is 11.2 Å². The summed E-state index contributed by atoms with van der Waals surface area (Å²) in [5, 5.41) is 27.4. The Morgan fingerprint density at radius 2 is 2.07 bits per heavy atom. The van der Waals surface area contributed by atoms with Gasteiger partial charge in [0.05, 0.1) is 11.0 Å². The lowest BCUT2D eigenvalue weighted by atomic mass is 9.93. The van der Waals surface area contributed by atoms with Crippen molar-refractivity contribution in [3.8, 4) is 0 Å². The summed E-state index contributed by atoms with van der Waals surface area (Å²) in [5.74, 6) is 1.20. The number of nitrogens with zero attached hydrogens (tertiary/aromatic N) is 5. The number of nitro benzene ring substituents is 1. The maximum Gasteiger partial charge on any atom is 0.271 e. The first-order valence-electron chi connectivity index (χ1n) is 9.72. The minimum atomic E-state index is -0.435. The highest BCUT2D eigenvalue weighted by Gasteiger charge is 2.22. The molecule has 1 saturated carbocycles. The third-order valence-electron chi connectivity index (χ3n) is 5.20. The molecular formula is C19H23N7O3. The molecule has 4 rings (SSSR count). The summed E-state index contributed by atoms with van der Waals surface area (Å²) in [7, 11) is 0. The van der Waals surface area contributed by atoms with Gasteiger partial charge in [0, 0.05) is 30.4 Å². The number of aliphatic hydroxyl groups is 1. The molecule has 0 aliphatic heterocycles. The van der Waals surface area contributed by atoms with E-state index in [1.807, 2.05) is 11.5 Å². The Kier molecular flexibility index (Phi) is 5.26. The number of aryl methyl sites for hydroxylation is 1. The van der Waals surface area contributed by atoms with E-state index in [1.54, 1.807) is 12.1 Å². The van der Waals surface area contributed by atoms with Crippen molar-refractivity contribution in [2.45, 2.75) is 51.3 Å². The summed E-state index contributed by atoms with van der Waals surface area (Å²) in [6, 6.07) is 6.51. The predicted octanol–water partition coefficient (Wildman–Crippen LogP) is 3.21. The Bertz CT molecular complexity index is 1030. The number of fused-ring (bicyclic) bond motifs is 1. The average Bonchev–Trinajstić information content (AvgIpc) is 3.08. The van der Waals surface area contributed by atoms with E-state index in [2.05, 4.69) is 20.6 Å². The van der Waals surface area contributed by atoms with Crippen molar-refractivity contribution < 1.29 is 10.0 Å². The van der Waals surface area contributed by atoms with Crippen molar-refractivity contribution in [1.82, 2.24) is 19.5 Å². The van der Waals surface area contributed by atoms with E-state index in [4.69, 9.17) is 4.98 Å². The molecule has 0 unspecified atom stereocenters. The highest BCUT2D eigenvalue weighted by atomic mass is 16.6. The second-order valence-corrected chi connectivity index (χ2v) is 7.16. The van der Waals surface area contributed by atoms with E-state index in [0.717, 1.165) is 25.7 Å². The predicted molar refractivity (Wildman–Crippen MR) is 109 cm³/mol. The van der Waals surface area contributed by atoms with Gasteiger partial charge in [-0.05, 0) is 38.7 Å². The number of benzene rings is 1. The second kappa shape index (κ2) is 8.00. The molecule has 0 bridgehead atoms. The molecule has 0 spiro atoms. The number of rotatable bonds is 6. The number of aliphatic hydroxyl groups excluding tert-OH is 1. The fourth-order valence-corrected chi connectivity index (χ4v) is 3.67. The molecule has 1 fully saturated rings. The van der Waals surface area contributed by atoms with Gasteiger partial charge >= 0.3 is 0 Å². The number of hydrogen-bond acceptors (Lipinski definition) is 8. The van der Waals surface area contributed by atoms with Crippen LogP contribution in [0.2, 0.25) is 0 Å². The molecule has 29 heavy (non-hydrogen) atoms. The van der Waals surface area contributed by atoms with E-state index in [0.29, 0.717) is 35.2 Å². The van der Waals surface area contributed by atoms with Crippen LogP contribution in [-0.4, -0.2) is 41.7 Å². The van der Waals surface area contributed by atoms with Crippen molar-refractivity contribution >= 4 is 34.3 Å². The lowest BCUT2D eigenvalue weighted by Gasteiger charge is -2.26. The molecule has 0 saturated heterocycles. The van der Waals surface area contributed by atoms with Crippen molar-refractivity contribution in [2.75, 3.05) is 10.6 Å². The fraction of sp³-hybridized carbons (Fsp3) is 0.421. The third kappa shape index (κ3) is 3.97. The Balaban J connectivity index is 1.65. The van der Waals surface area contributed by atoms with Crippen LogP contribution in [0.15, 0.2) is 30.6 Å². The van der Waals surface area contributed by atoms with E-state index in [-0.39, 0.29) is 17.8 Å². The zero-order valence-electron chi connectivity index (χ0n) is 16.1.